The fourth-order valence-corrected chi connectivity index (χ4v) is 2.32. The SMILES string of the molecule is Cc1nc2c(c(=O)[nH]1)[C@H](c1ccccc1)CN2. The summed E-state index contributed by atoms with van der Waals surface area (Å²) in [6, 6.07) is 10.0. The molecule has 0 fully saturated rings. The zero-order chi connectivity index (χ0) is 11.8. The smallest absolute Gasteiger partial charge is 0.256 e. The molecule has 0 unspecified atom stereocenters. The van der Waals surface area contributed by atoms with Crippen molar-refractivity contribution < 1.29 is 0 Å². The van der Waals surface area contributed by atoms with Crippen molar-refractivity contribution in [2.24, 2.45) is 0 Å². The zero-order valence-electron chi connectivity index (χ0n) is 9.53. The minimum atomic E-state index is -0.0358. The molecule has 86 valence electrons. The molecule has 1 atom stereocenters. The summed E-state index contributed by atoms with van der Waals surface area (Å²) in [4.78, 5) is 19.1. The van der Waals surface area contributed by atoms with E-state index in [2.05, 4.69) is 15.3 Å². The van der Waals surface area contributed by atoms with Gasteiger partial charge in [-0.3, -0.25) is 4.79 Å². The maximum atomic E-state index is 12.0. The van der Waals surface area contributed by atoms with Gasteiger partial charge >= 0.3 is 0 Å². The van der Waals surface area contributed by atoms with Crippen molar-refractivity contribution in [3.05, 3.63) is 57.6 Å². The molecule has 2 aromatic rings. The minimum Gasteiger partial charge on any atom is -0.369 e. The fourth-order valence-electron chi connectivity index (χ4n) is 2.32. The van der Waals surface area contributed by atoms with E-state index in [1.165, 1.54) is 0 Å². The second-order valence-electron chi connectivity index (χ2n) is 4.26. The normalized spacial score (nSPS) is 17.6. The lowest BCUT2D eigenvalue weighted by atomic mass is 9.95. The lowest BCUT2D eigenvalue weighted by Crippen LogP contribution is -2.17. The first-order valence-electron chi connectivity index (χ1n) is 5.65. The van der Waals surface area contributed by atoms with Gasteiger partial charge in [-0.15, -0.1) is 0 Å². The van der Waals surface area contributed by atoms with Crippen LogP contribution in [0, 0.1) is 6.92 Å². The molecule has 4 nitrogen and oxygen atoms in total. The molecule has 1 aromatic heterocycles. The standard InChI is InChI=1S/C13H13N3O/c1-8-15-12-11(13(17)16-8)10(7-14-12)9-5-3-2-4-6-9/h2-6,10H,7H2,1H3,(H2,14,15,16,17)/t10-/m0/s1. The third-order valence-electron chi connectivity index (χ3n) is 3.10. The molecule has 0 aliphatic carbocycles. The molecule has 2 N–H and O–H groups in total. The van der Waals surface area contributed by atoms with E-state index in [1.807, 2.05) is 30.3 Å². The molecule has 1 aliphatic heterocycles. The van der Waals surface area contributed by atoms with Crippen LogP contribution in [0.3, 0.4) is 0 Å². The van der Waals surface area contributed by atoms with Crippen LogP contribution in [0.5, 0.6) is 0 Å². The lowest BCUT2D eigenvalue weighted by Gasteiger charge is -2.08. The van der Waals surface area contributed by atoms with E-state index in [0.29, 0.717) is 5.82 Å². The number of hydrogen-bond donors (Lipinski definition) is 2. The predicted octanol–water partition coefficient (Wildman–Crippen LogP) is 1.64. The average Bonchev–Trinajstić information content (AvgIpc) is 2.74. The zero-order valence-corrected chi connectivity index (χ0v) is 9.53. The van der Waals surface area contributed by atoms with Crippen molar-refractivity contribution in [3.8, 4) is 0 Å². The maximum Gasteiger partial charge on any atom is 0.256 e. The number of rotatable bonds is 1. The molecule has 0 spiro atoms. The summed E-state index contributed by atoms with van der Waals surface area (Å²) in [5.74, 6) is 1.47. The molecule has 0 amide bonds. The molecule has 0 saturated heterocycles. The number of nitrogens with one attached hydrogen (secondary N) is 2. The van der Waals surface area contributed by atoms with Crippen molar-refractivity contribution in [3.63, 3.8) is 0 Å². The van der Waals surface area contributed by atoms with Crippen LogP contribution in [-0.2, 0) is 0 Å². The van der Waals surface area contributed by atoms with Crippen LogP contribution < -0.4 is 10.9 Å². The number of benzene rings is 1. The van der Waals surface area contributed by atoms with E-state index in [-0.39, 0.29) is 11.5 Å². The van der Waals surface area contributed by atoms with Gasteiger partial charge in [0.2, 0.25) is 0 Å². The number of anilines is 1. The van der Waals surface area contributed by atoms with Gasteiger partial charge in [0.05, 0.1) is 5.56 Å². The van der Waals surface area contributed by atoms with E-state index in [4.69, 9.17) is 0 Å². The highest BCUT2D eigenvalue weighted by atomic mass is 16.1. The highest BCUT2D eigenvalue weighted by Crippen LogP contribution is 2.31. The van der Waals surface area contributed by atoms with Crippen LogP contribution in [0.1, 0.15) is 22.9 Å². The van der Waals surface area contributed by atoms with E-state index in [1.54, 1.807) is 6.92 Å². The third-order valence-corrected chi connectivity index (χ3v) is 3.10. The number of fused-ring (bicyclic) bond motifs is 1. The first-order valence-corrected chi connectivity index (χ1v) is 5.65. The summed E-state index contributed by atoms with van der Waals surface area (Å²) < 4.78 is 0. The Balaban J connectivity index is 2.14. The summed E-state index contributed by atoms with van der Waals surface area (Å²) in [7, 11) is 0. The van der Waals surface area contributed by atoms with Crippen molar-refractivity contribution in [2.45, 2.75) is 12.8 Å². The average molecular weight is 227 g/mol. The molecule has 2 heterocycles. The molecule has 17 heavy (non-hydrogen) atoms. The number of aromatic nitrogens is 2. The van der Waals surface area contributed by atoms with Gasteiger partial charge in [-0.05, 0) is 12.5 Å². The quantitative estimate of drug-likeness (QED) is 0.778. The Hall–Kier alpha value is -2.10. The lowest BCUT2D eigenvalue weighted by molar-refractivity contribution is 0.881. The first kappa shape index (κ1) is 10.1. The molecule has 0 bridgehead atoms. The fraction of sp³-hybridized carbons (Fsp3) is 0.231. The Bertz CT molecular complexity index is 604. The molecule has 3 rings (SSSR count). The summed E-state index contributed by atoms with van der Waals surface area (Å²) in [6.07, 6.45) is 0. The summed E-state index contributed by atoms with van der Waals surface area (Å²) >= 11 is 0. The van der Waals surface area contributed by atoms with Crippen molar-refractivity contribution in [1.82, 2.24) is 9.97 Å². The number of H-pyrrole nitrogens is 1. The molecule has 4 heteroatoms. The summed E-state index contributed by atoms with van der Waals surface area (Å²) in [6.45, 7) is 2.53. The molecule has 0 radical (unpaired) electrons. The van der Waals surface area contributed by atoms with Crippen LogP contribution in [0.15, 0.2) is 35.1 Å². The maximum absolute atomic E-state index is 12.0. The number of aromatic amines is 1. The minimum absolute atomic E-state index is 0.0358. The van der Waals surface area contributed by atoms with Crippen LogP contribution >= 0.6 is 0 Å². The molecule has 0 saturated carbocycles. The van der Waals surface area contributed by atoms with Gasteiger partial charge < -0.3 is 10.3 Å². The number of aryl methyl sites for hydroxylation is 1. The second-order valence-corrected chi connectivity index (χ2v) is 4.26. The van der Waals surface area contributed by atoms with E-state index < -0.39 is 0 Å². The van der Waals surface area contributed by atoms with Gasteiger partial charge in [0.25, 0.3) is 5.56 Å². The van der Waals surface area contributed by atoms with Crippen LogP contribution in [0.4, 0.5) is 5.82 Å². The van der Waals surface area contributed by atoms with Crippen molar-refractivity contribution in [1.29, 1.82) is 0 Å². The Morgan fingerprint density at radius 1 is 1.29 bits per heavy atom. The van der Waals surface area contributed by atoms with Crippen LogP contribution in [0.25, 0.3) is 0 Å². The number of nitrogens with zero attached hydrogens (tertiary/aromatic N) is 1. The summed E-state index contributed by atoms with van der Waals surface area (Å²) in [5, 5.41) is 3.20. The topological polar surface area (TPSA) is 57.8 Å². The first-order chi connectivity index (χ1) is 8.25. The Morgan fingerprint density at radius 2 is 2.06 bits per heavy atom. The third kappa shape index (κ3) is 1.62. The Kier molecular flexibility index (Phi) is 2.21. The van der Waals surface area contributed by atoms with Gasteiger partial charge in [0.1, 0.15) is 11.6 Å². The van der Waals surface area contributed by atoms with E-state index >= 15 is 0 Å². The van der Waals surface area contributed by atoms with E-state index in [0.717, 1.165) is 23.5 Å². The highest BCUT2D eigenvalue weighted by Gasteiger charge is 2.28. The molecule has 1 aromatic carbocycles. The predicted molar refractivity (Wildman–Crippen MR) is 66.4 cm³/mol. The largest absolute Gasteiger partial charge is 0.369 e. The second kappa shape index (κ2) is 3.73. The highest BCUT2D eigenvalue weighted by molar-refractivity contribution is 5.54. The van der Waals surface area contributed by atoms with E-state index in [9.17, 15) is 4.79 Å². The molecule has 1 aliphatic rings. The van der Waals surface area contributed by atoms with Crippen LogP contribution in [-0.4, -0.2) is 16.5 Å². The monoisotopic (exact) mass is 227 g/mol. The van der Waals surface area contributed by atoms with Gasteiger partial charge in [-0.25, -0.2) is 4.98 Å². The van der Waals surface area contributed by atoms with Gasteiger partial charge in [0, 0.05) is 12.5 Å². The summed E-state index contributed by atoms with van der Waals surface area (Å²) in [5.41, 5.74) is 1.86. The van der Waals surface area contributed by atoms with Crippen molar-refractivity contribution >= 4 is 5.82 Å². The van der Waals surface area contributed by atoms with Gasteiger partial charge in [0.15, 0.2) is 0 Å². The van der Waals surface area contributed by atoms with Gasteiger partial charge in [-0.2, -0.15) is 0 Å². The Labute approximate surface area is 98.7 Å². The van der Waals surface area contributed by atoms with Gasteiger partial charge in [-0.1, -0.05) is 30.3 Å². The Morgan fingerprint density at radius 3 is 2.82 bits per heavy atom. The van der Waals surface area contributed by atoms with Crippen molar-refractivity contribution in [2.75, 3.05) is 11.9 Å². The van der Waals surface area contributed by atoms with Crippen LogP contribution in [0.2, 0.25) is 0 Å². The molecular formula is C13H13N3O. The molecular weight excluding hydrogens is 214 g/mol. The number of hydrogen-bond acceptors (Lipinski definition) is 3.